The van der Waals surface area contributed by atoms with Crippen LogP contribution in [0.4, 0.5) is 0 Å². The van der Waals surface area contributed by atoms with Gasteiger partial charge < -0.3 is 14.8 Å². The van der Waals surface area contributed by atoms with Gasteiger partial charge in [0.2, 0.25) is 5.91 Å². The first kappa shape index (κ1) is 29.1. The molecule has 210 valence electrons. The summed E-state index contributed by atoms with van der Waals surface area (Å²) < 4.78 is 0. The molecule has 0 spiro atoms. The number of para-hydroxylation sites is 1. The Morgan fingerprint density at radius 3 is 2.20 bits per heavy atom. The van der Waals surface area contributed by atoms with Crippen LogP contribution in [0.25, 0.3) is 10.9 Å². The Kier molecular flexibility index (Phi) is 9.14. The second-order valence-electron chi connectivity index (χ2n) is 12.3. The van der Waals surface area contributed by atoms with Gasteiger partial charge in [0.25, 0.3) is 5.91 Å². The van der Waals surface area contributed by atoms with Gasteiger partial charge in [0.1, 0.15) is 6.54 Å². The number of H-pyrrole nitrogens is 1. The molecule has 4 aromatic rings. The van der Waals surface area contributed by atoms with Gasteiger partial charge in [-0.1, -0.05) is 94.8 Å². The van der Waals surface area contributed by atoms with Crippen molar-refractivity contribution in [2.24, 2.45) is 5.92 Å². The maximum atomic E-state index is 13.9. The summed E-state index contributed by atoms with van der Waals surface area (Å²) in [5.74, 6) is 0.0949. The number of aromatic amines is 1. The molecule has 0 unspecified atom stereocenters. The fourth-order valence-electron chi connectivity index (χ4n) is 5.02. The molecular weight excluding hydrogens is 494 g/mol. The number of benzene rings is 3. The molecule has 2 amide bonds. The number of nitrogens with zero attached hydrogens (tertiary/aromatic N) is 2. The lowest BCUT2D eigenvalue weighted by atomic mass is 9.86. The Morgan fingerprint density at radius 2 is 1.55 bits per heavy atom. The summed E-state index contributed by atoms with van der Waals surface area (Å²) in [4.78, 5) is 34.5. The standard InChI is InChI=1S/C35H43N3O2/c1-25(2)22-38(34(40)28-15-17-30(18-16-28)35(4,5)6)24-33(39)37(23-27-13-11-26(3)12-14-27)20-19-29-21-36-32-10-8-7-9-31(29)32/h7-18,21,25,36H,19-20,22-24H2,1-6H3. The minimum Gasteiger partial charge on any atom is -0.361 e. The third kappa shape index (κ3) is 7.41. The second-order valence-corrected chi connectivity index (χ2v) is 12.3. The highest BCUT2D eigenvalue weighted by atomic mass is 16.2. The predicted octanol–water partition coefficient (Wildman–Crippen LogP) is 7.14. The maximum Gasteiger partial charge on any atom is 0.254 e. The molecule has 0 aliphatic carbocycles. The van der Waals surface area contributed by atoms with Crippen molar-refractivity contribution in [3.63, 3.8) is 0 Å². The zero-order chi connectivity index (χ0) is 28.9. The van der Waals surface area contributed by atoms with Gasteiger partial charge in [-0.2, -0.15) is 0 Å². The highest BCUT2D eigenvalue weighted by Gasteiger charge is 2.24. The number of aryl methyl sites for hydroxylation is 1. The molecular formula is C35H43N3O2. The Morgan fingerprint density at radius 1 is 0.875 bits per heavy atom. The monoisotopic (exact) mass is 537 g/mol. The fraction of sp³-hybridized carbons (Fsp3) is 0.371. The molecule has 1 N–H and O–H groups in total. The minimum absolute atomic E-state index is 0.0104. The third-order valence-electron chi connectivity index (χ3n) is 7.37. The molecule has 0 saturated heterocycles. The molecule has 0 bridgehead atoms. The Hall–Kier alpha value is -3.86. The molecule has 1 heterocycles. The van der Waals surface area contributed by atoms with E-state index >= 15 is 0 Å². The van der Waals surface area contributed by atoms with Crippen LogP contribution in [-0.2, 0) is 23.2 Å². The van der Waals surface area contributed by atoms with Crippen LogP contribution < -0.4 is 0 Å². The van der Waals surface area contributed by atoms with Crippen molar-refractivity contribution in [2.45, 2.75) is 59.9 Å². The van der Waals surface area contributed by atoms with Crippen LogP contribution in [0.15, 0.2) is 79.0 Å². The van der Waals surface area contributed by atoms with Gasteiger partial charge >= 0.3 is 0 Å². The molecule has 0 radical (unpaired) electrons. The van der Waals surface area contributed by atoms with Crippen LogP contribution in [0.3, 0.4) is 0 Å². The lowest BCUT2D eigenvalue weighted by Gasteiger charge is -2.29. The van der Waals surface area contributed by atoms with E-state index in [1.54, 1.807) is 4.90 Å². The zero-order valence-electron chi connectivity index (χ0n) is 24.8. The number of hydrogen-bond donors (Lipinski definition) is 1. The molecule has 0 aliphatic heterocycles. The van der Waals surface area contributed by atoms with Crippen LogP contribution in [0.5, 0.6) is 0 Å². The summed E-state index contributed by atoms with van der Waals surface area (Å²) in [5.41, 5.74) is 6.36. The first-order valence-electron chi connectivity index (χ1n) is 14.3. The van der Waals surface area contributed by atoms with E-state index < -0.39 is 0 Å². The molecule has 0 atom stereocenters. The summed E-state index contributed by atoms with van der Waals surface area (Å²) in [6.45, 7) is 14.3. The largest absolute Gasteiger partial charge is 0.361 e. The Labute approximate surface area is 239 Å². The van der Waals surface area contributed by atoms with Gasteiger partial charge in [0.05, 0.1) is 0 Å². The number of nitrogens with one attached hydrogen (secondary N) is 1. The number of carbonyl (C=O) groups is 2. The van der Waals surface area contributed by atoms with E-state index in [2.05, 4.69) is 82.9 Å². The Balaban J connectivity index is 1.55. The molecule has 3 aromatic carbocycles. The van der Waals surface area contributed by atoms with Crippen LogP contribution in [0, 0.1) is 12.8 Å². The lowest BCUT2D eigenvalue weighted by molar-refractivity contribution is -0.132. The highest BCUT2D eigenvalue weighted by molar-refractivity contribution is 5.96. The van der Waals surface area contributed by atoms with Crippen molar-refractivity contribution in [3.8, 4) is 0 Å². The number of fused-ring (bicyclic) bond motifs is 1. The molecule has 0 saturated carbocycles. The first-order chi connectivity index (χ1) is 19.0. The molecule has 5 nitrogen and oxygen atoms in total. The smallest absolute Gasteiger partial charge is 0.254 e. The van der Waals surface area contributed by atoms with E-state index in [4.69, 9.17) is 0 Å². The molecule has 5 heteroatoms. The van der Waals surface area contributed by atoms with Crippen molar-refractivity contribution in [3.05, 3.63) is 107 Å². The third-order valence-corrected chi connectivity index (χ3v) is 7.37. The van der Waals surface area contributed by atoms with E-state index in [0.29, 0.717) is 25.2 Å². The molecule has 0 aliphatic rings. The van der Waals surface area contributed by atoms with E-state index in [-0.39, 0.29) is 29.7 Å². The zero-order valence-corrected chi connectivity index (χ0v) is 24.8. The van der Waals surface area contributed by atoms with E-state index in [0.717, 1.165) is 17.5 Å². The van der Waals surface area contributed by atoms with Crippen LogP contribution in [0.2, 0.25) is 0 Å². The van der Waals surface area contributed by atoms with E-state index in [1.165, 1.54) is 22.1 Å². The van der Waals surface area contributed by atoms with E-state index in [9.17, 15) is 9.59 Å². The van der Waals surface area contributed by atoms with Gasteiger partial charge in [-0.05, 0) is 59.6 Å². The van der Waals surface area contributed by atoms with Crippen LogP contribution in [-0.4, -0.2) is 46.2 Å². The van der Waals surface area contributed by atoms with Gasteiger partial charge in [0, 0.05) is 42.3 Å². The SMILES string of the molecule is Cc1ccc(CN(CCc2c[nH]c3ccccc23)C(=O)CN(CC(C)C)C(=O)c2ccc(C(C)(C)C)cc2)cc1. The van der Waals surface area contributed by atoms with Gasteiger partial charge in [-0.15, -0.1) is 0 Å². The number of aromatic nitrogens is 1. The number of amides is 2. The highest BCUT2D eigenvalue weighted by Crippen LogP contribution is 2.23. The van der Waals surface area contributed by atoms with Crippen LogP contribution >= 0.6 is 0 Å². The molecule has 4 rings (SSSR count). The fourth-order valence-corrected chi connectivity index (χ4v) is 5.02. The van der Waals surface area contributed by atoms with Crippen molar-refractivity contribution in [2.75, 3.05) is 19.6 Å². The average Bonchev–Trinajstić information content (AvgIpc) is 3.33. The summed E-state index contributed by atoms with van der Waals surface area (Å²) in [7, 11) is 0. The second kappa shape index (κ2) is 12.5. The quantitative estimate of drug-likeness (QED) is 0.234. The maximum absolute atomic E-state index is 13.9. The predicted molar refractivity (Wildman–Crippen MR) is 164 cm³/mol. The number of rotatable bonds is 10. The summed E-state index contributed by atoms with van der Waals surface area (Å²) in [6.07, 6.45) is 2.77. The average molecular weight is 538 g/mol. The van der Waals surface area contributed by atoms with Crippen molar-refractivity contribution in [1.82, 2.24) is 14.8 Å². The van der Waals surface area contributed by atoms with E-state index in [1.807, 2.05) is 47.5 Å². The summed E-state index contributed by atoms with van der Waals surface area (Å²) >= 11 is 0. The molecule has 40 heavy (non-hydrogen) atoms. The summed E-state index contributed by atoms with van der Waals surface area (Å²) in [5, 5.41) is 1.18. The van der Waals surface area contributed by atoms with Crippen LogP contribution in [0.1, 0.15) is 67.2 Å². The molecule has 0 fully saturated rings. The topological polar surface area (TPSA) is 56.4 Å². The van der Waals surface area contributed by atoms with Gasteiger partial charge in [0.15, 0.2) is 0 Å². The molecule has 1 aromatic heterocycles. The van der Waals surface area contributed by atoms with Gasteiger partial charge in [-0.25, -0.2) is 0 Å². The summed E-state index contributed by atoms with van der Waals surface area (Å²) in [6, 6.07) is 24.4. The Bertz CT molecular complexity index is 1430. The lowest BCUT2D eigenvalue weighted by Crippen LogP contribution is -2.44. The number of hydrogen-bond acceptors (Lipinski definition) is 2. The van der Waals surface area contributed by atoms with Crippen molar-refractivity contribution >= 4 is 22.7 Å². The first-order valence-corrected chi connectivity index (χ1v) is 14.3. The number of carbonyl (C=O) groups excluding carboxylic acids is 2. The normalized spacial score (nSPS) is 11.7. The van der Waals surface area contributed by atoms with Crippen molar-refractivity contribution in [1.29, 1.82) is 0 Å². The van der Waals surface area contributed by atoms with Crippen molar-refractivity contribution < 1.29 is 9.59 Å². The minimum atomic E-state index is -0.102. The van der Waals surface area contributed by atoms with Gasteiger partial charge in [-0.3, -0.25) is 9.59 Å².